The Labute approximate surface area is 292 Å². The molecule has 258 valence electrons. The fourth-order valence-electron chi connectivity index (χ4n) is 7.94. The second kappa shape index (κ2) is 14.4. The molecule has 1 amide bonds. The molecule has 0 radical (unpaired) electrons. The van der Waals surface area contributed by atoms with Gasteiger partial charge in [-0.1, -0.05) is 41.9 Å². The van der Waals surface area contributed by atoms with Gasteiger partial charge in [-0.2, -0.15) is 0 Å². The predicted octanol–water partition coefficient (Wildman–Crippen LogP) is 7.53. The number of hydrogen-bond acceptors (Lipinski definition) is 7. The van der Waals surface area contributed by atoms with Crippen LogP contribution in [-0.4, -0.2) is 52.9 Å². The SMILES string of the molecule is CC/C=C/[C@@](Cc1cc(C)on1)(OC)C1CCC1CN1C[C@@]2(CCCc3cc(Cl)ccc32)COc2ccc(C(=O)NS(=O)C(C)C)cc21. The second-order valence-electron chi connectivity index (χ2n) is 14.1. The number of carbonyl (C=O) groups excluding carboxylic acids is 1. The molecule has 3 unspecified atom stereocenters. The Kier molecular flexibility index (Phi) is 10.4. The maximum atomic E-state index is 13.3. The molecule has 10 heteroatoms. The van der Waals surface area contributed by atoms with Crippen molar-refractivity contribution < 1.29 is 23.0 Å². The summed E-state index contributed by atoms with van der Waals surface area (Å²) in [6, 6.07) is 13.9. The summed E-state index contributed by atoms with van der Waals surface area (Å²) in [6.07, 6.45) is 11.1. The molecular formula is C38H48ClN3O5S. The molecule has 8 nitrogen and oxygen atoms in total. The van der Waals surface area contributed by atoms with Crippen molar-refractivity contribution in [2.45, 2.75) is 88.9 Å². The van der Waals surface area contributed by atoms with E-state index in [-0.39, 0.29) is 22.5 Å². The average Bonchev–Trinajstić information content (AvgIpc) is 3.40. The van der Waals surface area contributed by atoms with E-state index >= 15 is 0 Å². The minimum absolute atomic E-state index is 0.186. The molecule has 1 N–H and O–H groups in total. The largest absolute Gasteiger partial charge is 0.490 e. The summed E-state index contributed by atoms with van der Waals surface area (Å²) >= 11 is 6.47. The number of aryl methyl sites for hydroxylation is 2. The van der Waals surface area contributed by atoms with E-state index in [0.29, 0.717) is 24.5 Å². The Hall–Kier alpha value is -3.14. The molecule has 1 saturated carbocycles. The van der Waals surface area contributed by atoms with Crippen molar-refractivity contribution in [2.75, 3.05) is 31.7 Å². The van der Waals surface area contributed by atoms with Crippen LogP contribution in [0.4, 0.5) is 5.69 Å². The van der Waals surface area contributed by atoms with Crippen LogP contribution in [0.25, 0.3) is 0 Å². The number of aromatic nitrogens is 1. The third kappa shape index (κ3) is 6.96. The van der Waals surface area contributed by atoms with E-state index in [1.807, 2.05) is 52.1 Å². The smallest absolute Gasteiger partial charge is 0.263 e. The van der Waals surface area contributed by atoms with Crippen molar-refractivity contribution in [3.8, 4) is 5.75 Å². The van der Waals surface area contributed by atoms with Crippen LogP contribution >= 0.6 is 11.6 Å². The van der Waals surface area contributed by atoms with Crippen molar-refractivity contribution in [1.82, 2.24) is 9.88 Å². The van der Waals surface area contributed by atoms with Gasteiger partial charge >= 0.3 is 0 Å². The molecule has 2 aromatic carbocycles. The molecule has 3 aromatic rings. The number of fused-ring (bicyclic) bond motifs is 3. The first kappa shape index (κ1) is 34.7. The van der Waals surface area contributed by atoms with Gasteiger partial charge in [-0.05, 0) is 113 Å². The zero-order chi connectivity index (χ0) is 34.1. The normalized spacial score (nSPS) is 23.9. The lowest BCUT2D eigenvalue weighted by atomic mass is 9.62. The Morgan fingerprint density at radius 3 is 2.77 bits per heavy atom. The first-order valence-corrected chi connectivity index (χ1v) is 18.8. The molecule has 1 spiro atoms. The maximum Gasteiger partial charge on any atom is 0.263 e. The number of ether oxygens (including phenoxy) is 2. The molecular weight excluding hydrogens is 646 g/mol. The highest BCUT2D eigenvalue weighted by molar-refractivity contribution is 7.84. The fraction of sp³-hybridized carbons (Fsp3) is 0.526. The minimum Gasteiger partial charge on any atom is -0.490 e. The minimum atomic E-state index is -1.48. The molecule has 1 fully saturated rings. The predicted molar refractivity (Wildman–Crippen MR) is 191 cm³/mol. The number of anilines is 1. The highest BCUT2D eigenvalue weighted by Gasteiger charge is 2.49. The number of amides is 1. The number of nitrogens with zero attached hydrogens (tertiary/aromatic N) is 2. The molecule has 2 heterocycles. The van der Waals surface area contributed by atoms with E-state index in [4.69, 9.17) is 25.6 Å². The first-order valence-electron chi connectivity index (χ1n) is 17.2. The fourth-order valence-corrected chi connectivity index (χ4v) is 8.68. The number of halogens is 1. The van der Waals surface area contributed by atoms with E-state index in [0.717, 1.165) is 79.5 Å². The van der Waals surface area contributed by atoms with Crippen molar-refractivity contribution >= 4 is 34.2 Å². The molecule has 5 atom stereocenters. The third-order valence-electron chi connectivity index (χ3n) is 10.6. The number of methoxy groups -OCH3 is 1. The van der Waals surface area contributed by atoms with Crippen LogP contribution in [0.2, 0.25) is 5.02 Å². The van der Waals surface area contributed by atoms with Crippen molar-refractivity contribution in [1.29, 1.82) is 0 Å². The van der Waals surface area contributed by atoms with Gasteiger partial charge in [-0.25, -0.2) is 4.21 Å². The van der Waals surface area contributed by atoms with Gasteiger partial charge in [-0.3, -0.25) is 9.52 Å². The van der Waals surface area contributed by atoms with Crippen molar-refractivity contribution in [2.24, 2.45) is 11.8 Å². The van der Waals surface area contributed by atoms with Gasteiger partial charge in [0.25, 0.3) is 5.91 Å². The number of benzene rings is 2. The first-order chi connectivity index (χ1) is 23.1. The highest BCUT2D eigenvalue weighted by atomic mass is 35.5. The molecule has 6 rings (SSSR count). The Bertz CT molecular complexity index is 1690. The monoisotopic (exact) mass is 693 g/mol. The summed E-state index contributed by atoms with van der Waals surface area (Å²) in [4.78, 5) is 15.8. The lowest BCUT2D eigenvalue weighted by Crippen LogP contribution is -2.54. The van der Waals surface area contributed by atoms with Crippen molar-refractivity contribution in [3.05, 3.63) is 87.8 Å². The average molecular weight is 694 g/mol. The molecule has 48 heavy (non-hydrogen) atoms. The van der Waals surface area contributed by atoms with Crippen LogP contribution in [0.15, 0.2) is 59.1 Å². The molecule has 3 aliphatic rings. The van der Waals surface area contributed by atoms with Crippen LogP contribution in [0.5, 0.6) is 5.75 Å². The standard InChI is InChI=1S/C38H48ClN3O5S/c1-6-7-17-38(45-5,21-31-18-26(4)47-40-31)33-13-10-29(33)22-42-23-37(16-8-9-27-19-30(39)12-14-32(27)37)24-46-35-15-11-28(20-34(35)42)36(43)41-48(44)25(2)3/h7,11-12,14-15,17-20,25,29,33H,6,8-10,13,16,21-24H2,1-5H3,(H,41,43)/b17-7+/t29?,33?,37-,38-,48?/m0/s1. The molecule has 1 aliphatic heterocycles. The lowest BCUT2D eigenvalue weighted by Gasteiger charge is -2.50. The van der Waals surface area contributed by atoms with Gasteiger partial charge in [0, 0.05) is 53.9 Å². The van der Waals surface area contributed by atoms with Gasteiger partial charge in [-0.15, -0.1) is 0 Å². The summed E-state index contributed by atoms with van der Waals surface area (Å²) in [7, 11) is 0.333. The topological polar surface area (TPSA) is 93.9 Å². The summed E-state index contributed by atoms with van der Waals surface area (Å²) in [5.41, 5.74) is 4.06. The van der Waals surface area contributed by atoms with Gasteiger partial charge < -0.3 is 18.9 Å². The van der Waals surface area contributed by atoms with Crippen LogP contribution in [0.1, 0.15) is 85.8 Å². The van der Waals surface area contributed by atoms with Crippen LogP contribution in [0, 0.1) is 18.8 Å². The van der Waals surface area contributed by atoms with E-state index < -0.39 is 16.6 Å². The van der Waals surface area contributed by atoms with Gasteiger partial charge in [0.15, 0.2) is 0 Å². The van der Waals surface area contributed by atoms with Crippen LogP contribution in [0.3, 0.4) is 0 Å². The summed E-state index contributed by atoms with van der Waals surface area (Å²) in [5.74, 6) is 1.77. The Balaban J connectivity index is 1.37. The number of rotatable bonds is 11. The van der Waals surface area contributed by atoms with E-state index in [1.54, 1.807) is 6.07 Å². The summed E-state index contributed by atoms with van der Waals surface area (Å²) < 4.78 is 33.8. The second-order valence-corrected chi connectivity index (χ2v) is 16.3. The number of allylic oxidation sites excluding steroid dienone is 1. The third-order valence-corrected chi connectivity index (χ3v) is 12.0. The number of hydrogen-bond donors (Lipinski definition) is 1. The van der Waals surface area contributed by atoms with Gasteiger partial charge in [0.1, 0.15) is 22.5 Å². The maximum absolute atomic E-state index is 13.3. The molecule has 2 aliphatic carbocycles. The lowest BCUT2D eigenvalue weighted by molar-refractivity contribution is -0.0753. The molecule has 0 bridgehead atoms. The van der Waals surface area contributed by atoms with Crippen LogP contribution < -0.4 is 14.4 Å². The van der Waals surface area contributed by atoms with E-state index in [1.165, 1.54) is 11.1 Å². The van der Waals surface area contributed by atoms with Crippen molar-refractivity contribution in [3.63, 3.8) is 0 Å². The number of nitrogens with one attached hydrogen (secondary N) is 1. The van der Waals surface area contributed by atoms with E-state index in [2.05, 4.69) is 46.0 Å². The van der Waals surface area contributed by atoms with Crippen LogP contribution in [-0.2, 0) is 34.0 Å². The zero-order valence-corrected chi connectivity index (χ0v) is 30.3. The van der Waals surface area contributed by atoms with Gasteiger partial charge in [0.05, 0.1) is 23.6 Å². The quantitative estimate of drug-likeness (QED) is 0.208. The van der Waals surface area contributed by atoms with Gasteiger partial charge in [0.2, 0.25) is 0 Å². The van der Waals surface area contributed by atoms with E-state index in [9.17, 15) is 9.00 Å². The summed E-state index contributed by atoms with van der Waals surface area (Å²) in [5, 5.41) is 4.91. The summed E-state index contributed by atoms with van der Waals surface area (Å²) in [6.45, 7) is 9.77. The molecule has 0 saturated heterocycles. The highest BCUT2D eigenvalue weighted by Crippen LogP contribution is 2.49. The number of carbonyl (C=O) groups is 1. The Morgan fingerprint density at radius 1 is 1.25 bits per heavy atom. The molecule has 1 aromatic heterocycles. The zero-order valence-electron chi connectivity index (χ0n) is 28.7. The Morgan fingerprint density at radius 2 is 2.08 bits per heavy atom.